The SMILES string of the molecule is CCCNc1nc2c(n1CCCN(CCC)CCC)=CC(C(C)(C)C(=O)N(CC(C)C)CC(C)C)=CCC=2.CCOC=O. The molecular formula is C35H63N5O3. The van der Waals surface area contributed by atoms with Crippen molar-refractivity contribution >= 4 is 30.5 Å². The molecule has 0 fully saturated rings. The van der Waals surface area contributed by atoms with E-state index in [1.165, 1.54) is 12.8 Å². The van der Waals surface area contributed by atoms with Crippen LogP contribution in [-0.2, 0) is 20.9 Å². The van der Waals surface area contributed by atoms with E-state index in [9.17, 15) is 9.59 Å². The van der Waals surface area contributed by atoms with Gasteiger partial charge in [0, 0.05) is 26.2 Å². The van der Waals surface area contributed by atoms with E-state index in [0.29, 0.717) is 24.9 Å². The highest BCUT2D eigenvalue weighted by Crippen LogP contribution is 2.32. The lowest BCUT2D eigenvalue weighted by Crippen LogP contribution is -2.45. The number of hydrogen-bond donors (Lipinski definition) is 1. The van der Waals surface area contributed by atoms with Gasteiger partial charge in [-0.25, -0.2) is 4.98 Å². The molecular weight excluding hydrogens is 538 g/mol. The molecule has 0 bridgehead atoms. The Morgan fingerprint density at radius 1 is 1.02 bits per heavy atom. The largest absolute Gasteiger partial charge is 0.468 e. The highest BCUT2D eigenvalue weighted by Gasteiger charge is 2.35. The number of nitrogens with zero attached hydrogens (tertiary/aromatic N) is 4. The van der Waals surface area contributed by atoms with Crippen molar-refractivity contribution in [3.63, 3.8) is 0 Å². The van der Waals surface area contributed by atoms with Crippen LogP contribution in [0.5, 0.6) is 0 Å². The summed E-state index contributed by atoms with van der Waals surface area (Å²) in [4.78, 5) is 32.8. The first kappa shape index (κ1) is 38.4. The Morgan fingerprint density at radius 2 is 1.65 bits per heavy atom. The van der Waals surface area contributed by atoms with E-state index < -0.39 is 5.41 Å². The summed E-state index contributed by atoms with van der Waals surface area (Å²) in [6.07, 6.45) is 12.0. The first-order valence-corrected chi connectivity index (χ1v) is 16.8. The molecule has 0 atom stereocenters. The first-order valence-electron chi connectivity index (χ1n) is 16.8. The number of fused-ring (bicyclic) bond motifs is 1. The Kier molecular flexibility index (Phi) is 18.2. The zero-order valence-corrected chi connectivity index (χ0v) is 29.2. The molecule has 0 saturated heterocycles. The Bertz CT molecular complexity index is 1090. The van der Waals surface area contributed by atoms with Gasteiger partial charge in [0.1, 0.15) is 0 Å². The quantitative estimate of drug-likeness (QED) is 0.212. The fraction of sp³-hybridized carbons (Fsp3) is 0.743. The number of ether oxygens (including phenoxy) is 1. The number of nitrogens with one attached hydrogen (secondary N) is 1. The Labute approximate surface area is 262 Å². The average Bonchev–Trinajstić information content (AvgIpc) is 3.11. The van der Waals surface area contributed by atoms with Gasteiger partial charge in [-0.15, -0.1) is 0 Å². The summed E-state index contributed by atoms with van der Waals surface area (Å²) >= 11 is 0. The number of imidazole rings is 1. The molecule has 1 aliphatic carbocycles. The van der Waals surface area contributed by atoms with Crippen LogP contribution in [0.3, 0.4) is 0 Å². The Hall–Kier alpha value is -2.61. The lowest BCUT2D eigenvalue weighted by molar-refractivity contribution is -0.139. The number of aromatic nitrogens is 2. The fourth-order valence-electron chi connectivity index (χ4n) is 5.45. The van der Waals surface area contributed by atoms with E-state index in [1.807, 2.05) is 0 Å². The minimum atomic E-state index is -0.607. The highest BCUT2D eigenvalue weighted by atomic mass is 16.5. The summed E-state index contributed by atoms with van der Waals surface area (Å²) in [5.74, 6) is 2.05. The van der Waals surface area contributed by atoms with E-state index in [2.05, 4.69) is 105 Å². The predicted octanol–water partition coefficient (Wildman–Crippen LogP) is 5.45. The minimum absolute atomic E-state index is 0.219. The molecule has 0 aliphatic heterocycles. The van der Waals surface area contributed by atoms with Crippen molar-refractivity contribution in [3.05, 3.63) is 22.3 Å². The number of carbonyl (C=O) groups excluding carboxylic acids is 2. The topological polar surface area (TPSA) is 79.7 Å². The number of anilines is 1. The number of hydrogen-bond acceptors (Lipinski definition) is 6. The normalized spacial score (nSPS) is 12.9. The molecule has 0 aromatic carbocycles. The summed E-state index contributed by atoms with van der Waals surface area (Å²) in [7, 11) is 0. The van der Waals surface area contributed by atoms with E-state index in [1.54, 1.807) is 6.92 Å². The monoisotopic (exact) mass is 601 g/mol. The van der Waals surface area contributed by atoms with Crippen molar-refractivity contribution < 1.29 is 14.3 Å². The first-order chi connectivity index (χ1) is 20.5. The van der Waals surface area contributed by atoms with Gasteiger partial charge in [-0.3, -0.25) is 9.59 Å². The molecule has 1 heterocycles. The summed E-state index contributed by atoms with van der Waals surface area (Å²) in [5, 5.41) is 5.73. The Balaban J connectivity index is 0.00000170. The molecule has 1 aromatic rings. The van der Waals surface area contributed by atoms with Crippen LogP contribution in [0.15, 0.2) is 11.6 Å². The van der Waals surface area contributed by atoms with Crippen LogP contribution < -0.4 is 16.0 Å². The molecule has 8 nitrogen and oxygen atoms in total. The average molecular weight is 602 g/mol. The van der Waals surface area contributed by atoms with Crippen LogP contribution in [0.1, 0.15) is 101 Å². The van der Waals surface area contributed by atoms with Crippen molar-refractivity contribution in [1.29, 1.82) is 0 Å². The lowest BCUT2D eigenvalue weighted by atomic mass is 9.81. The maximum Gasteiger partial charge on any atom is 0.293 e. The summed E-state index contributed by atoms with van der Waals surface area (Å²) in [5.41, 5.74) is 0.488. The lowest BCUT2D eigenvalue weighted by Gasteiger charge is -2.35. The number of allylic oxidation sites excluding steroid dienone is 1. The van der Waals surface area contributed by atoms with Gasteiger partial charge in [0.2, 0.25) is 11.9 Å². The molecule has 0 radical (unpaired) electrons. The van der Waals surface area contributed by atoms with E-state index >= 15 is 0 Å². The molecule has 0 spiro atoms. The van der Waals surface area contributed by atoms with E-state index in [4.69, 9.17) is 4.98 Å². The third kappa shape index (κ3) is 12.9. The second kappa shape index (κ2) is 20.4. The zero-order valence-electron chi connectivity index (χ0n) is 29.2. The minimum Gasteiger partial charge on any atom is -0.468 e. The molecule has 43 heavy (non-hydrogen) atoms. The summed E-state index contributed by atoms with van der Waals surface area (Å²) < 4.78 is 6.51. The van der Waals surface area contributed by atoms with Crippen LogP contribution in [0.2, 0.25) is 0 Å². The maximum absolute atomic E-state index is 14.0. The zero-order chi connectivity index (χ0) is 32.4. The van der Waals surface area contributed by atoms with Gasteiger partial charge in [-0.1, -0.05) is 60.6 Å². The highest BCUT2D eigenvalue weighted by molar-refractivity contribution is 5.88. The van der Waals surface area contributed by atoms with Crippen molar-refractivity contribution in [2.45, 2.75) is 108 Å². The van der Waals surface area contributed by atoms with Crippen LogP contribution in [-0.4, -0.2) is 77.6 Å². The third-order valence-electron chi connectivity index (χ3n) is 7.39. The smallest absolute Gasteiger partial charge is 0.293 e. The molecule has 246 valence electrons. The van der Waals surface area contributed by atoms with Gasteiger partial charge in [-0.05, 0) is 96.0 Å². The summed E-state index contributed by atoms with van der Waals surface area (Å²) in [6.45, 7) is 29.1. The van der Waals surface area contributed by atoms with E-state index in [0.717, 1.165) is 87.3 Å². The van der Waals surface area contributed by atoms with Crippen LogP contribution in [0.25, 0.3) is 12.2 Å². The molecule has 8 heteroatoms. The predicted molar refractivity (Wildman–Crippen MR) is 181 cm³/mol. The number of carbonyl (C=O) groups is 2. The molecule has 0 unspecified atom stereocenters. The second-order valence-electron chi connectivity index (χ2n) is 12.9. The molecule has 1 aliphatic rings. The second-order valence-corrected chi connectivity index (χ2v) is 12.9. The van der Waals surface area contributed by atoms with Gasteiger partial charge >= 0.3 is 0 Å². The molecule has 1 N–H and O–H groups in total. The van der Waals surface area contributed by atoms with Gasteiger partial charge in [0.25, 0.3) is 6.47 Å². The van der Waals surface area contributed by atoms with Gasteiger partial charge in [0.05, 0.1) is 22.7 Å². The van der Waals surface area contributed by atoms with Crippen molar-refractivity contribution in [3.8, 4) is 0 Å². The molecule has 2 rings (SSSR count). The standard InChI is InChI=1S/C32H57N5O.C3H6O2/c1-10-17-33-31-34-28-16-13-15-27(32(8,9)30(38)36(23-25(4)5)24-26(6)7)22-29(28)37(31)21-14-20-35(18-11-2)19-12-3;1-2-5-3-4/h15-16,22,25-26H,10-14,17-21,23-24H2,1-9H3,(H,33,34);3H,2H2,1H3. The molecule has 1 amide bonds. The van der Waals surface area contributed by atoms with Crippen LogP contribution in [0, 0.1) is 17.3 Å². The van der Waals surface area contributed by atoms with Gasteiger partial charge in [-0.2, -0.15) is 0 Å². The van der Waals surface area contributed by atoms with Gasteiger partial charge < -0.3 is 24.4 Å². The summed E-state index contributed by atoms with van der Waals surface area (Å²) in [6, 6.07) is 0. The van der Waals surface area contributed by atoms with E-state index in [-0.39, 0.29) is 5.91 Å². The van der Waals surface area contributed by atoms with Crippen molar-refractivity contribution in [2.75, 3.05) is 51.2 Å². The number of rotatable bonds is 19. The fourth-order valence-corrected chi connectivity index (χ4v) is 5.45. The molecule has 1 aromatic heterocycles. The van der Waals surface area contributed by atoms with Crippen molar-refractivity contribution in [2.24, 2.45) is 17.3 Å². The van der Waals surface area contributed by atoms with Crippen LogP contribution in [0.4, 0.5) is 5.95 Å². The molecule has 0 saturated carbocycles. The Morgan fingerprint density at radius 3 is 2.14 bits per heavy atom. The van der Waals surface area contributed by atoms with Crippen molar-refractivity contribution in [1.82, 2.24) is 19.4 Å². The van der Waals surface area contributed by atoms with Gasteiger partial charge in [0.15, 0.2) is 0 Å². The maximum atomic E-state index is 14.0. The number of amides is 1. The van der Waals surface area contributed by atoms with Crippen LogP contribution >= 0.6 is 0 Å². The third-order valence-corrected chi connectivity index (χ3v) is 7.39.